The number of carboxylic acid groups (broad SMARTS) is 1. The van der Waals surface area contributed by atoms with Crippen molar-refractivity contribution in [1.29, 1.82) is 0 Å². The molecule has 1 aromatic rings. The fourth-order valence-corrected chi connectivity index (χ4v) is 2.10. The zero-order chi connectivity index (χ0) is 13.7. The first-order valence-corrected chi connectivity index (χ1v) is 6.31. The van der Waals surface area contributed by atoms with E-state index in [0.29, 0.717) is 18.0 Å². The number of carboxylic acids is 1. The Morgan fingerprint density at radius 1 is 1.37 bits per heavy atom. The summed E-state index contributed by atoms with van der Waals surface area (Å²) in [5, 5.41) is 11.5. The molecule has 0 atom stereocenters. The zero-order valence-corrected chi connectivity index (χ0v) is 10.6. The summed E-state index contributed by atoms with van der Waals surface area (Å²) >= 11 is 0. The lowest BCUT2D eigenvalue weighted by atomic mass is 10.0. The van der Waals surface area contributed by atoms with Gasteiger partial charge in [-0.25, -0.2) is 0 Å². The molecule has 1 aliphatic rings. The highest BCUT2D eigenvalue weighted by Gasteiger charge is 2.19. The van der Waals surface area contributed by atoms with Crippen LogP contribution in [0.2, 0.25) is 0 Å². The standard InChI is InChI=1S/C13H17NO5/c15-12(16)7-11-10(3-6-19-11)13(17)14-8-9-1-4-18-5-2-9/h3,6,9H,1-2,4-5,7-8H2,(H,14,17)(H,15,16). The Labute approximate surface area is 110 Å². The van der Waals surface area contributed by atoms with Gasteiger partial charge in [-0.2, -0.15) is 0 Å². The van der Waals surface area contributed by atoms with Crippen LogP contribution in [0.3, 0.4) is 0 Å². The van der Waals surface area contributed by atoms with Gasteiger partial charge in [0, 0.05) is 19.8 Å². The van der Waals surface area contributed by atoms with Crippen LogP contribution >= 0.6 is 0 Å². The van der Waals surface area contributed by atoms with Crippen LogP contribution < -0.4 is 5.32 Å². The first kappa shape index (κ1) is 13.6. The molecule has 2 N–H and O–H groups in total. The summed E-state index contributed by atoms with van der Waals surface area (Å²) in [5.74, 6) is -0.686. The molecule has 0 aromatic carbocycles. The number of ether oxygens (including phenoxy) is 1. The van der Waals surface area contributed by atoms with E-state index < -0.39 is 5.97 Å². The van der Waals surface area contributed by atoms with Crippen molar-refractivity contribution in [2.75, 3.05) is 19.8 Å². The van der Waals surface area contributed by atoms with Crippen LogP contribution in [-0.2, 0) is 16.0 Å². The van der Waals surface area contributed by atoms with E-state index in [1.807, 2.05) is 0 Å². The van der Waals surface area contributed by atoms with Gasteiger partial charge in [0.25, 0.3) is 5.91 Å². The maximum Gasteiger partial charge on any atom is 0.311 e. The number of hydrogen-bond donors (Lipinski definition) is 2. The van der Waals surface area contributed by atoms with E-state index in [-0.39, 0.29) is 18.1 Å². The highest BCUT2D eigenvalue weighted by atomic mass is 16.5. The number of hydrogen-bond acceptors (Lipinski definition) is 4. The van der Waals surface area contributed by atoms with Crippen LogP contribution in [0, 0.1) is 5.92 Å². The lowest BCUT2D eigenvalue weighted by molar-refractivity contribution is -0.136. The third-order valence-corrected chi connectivity index (χ3v) is 3.19. The highest BCUT2D eigenvalue weighted by Crippen LogP contribution is 2.15. The van der Waals surface area contributed by atoms with E-state index in [4.69, 9.17) is 14.3 Å². The van der Waals surface area contributed by atoms with Gasteiger partial charge in [-0.1, -0.05) is 0 Å². The molecule has 104 valence electrons. The molecule has 0 unspecified atom stereocenters. The van der Waals surface area contributed by atoms with Crippen molar-refractivity contribution in [3.63, 3.8) is 0 Å². The Kier molecular flexibility index (Phi) is 4.57. The summed E-state index contributed by atoms with van der Waals surface area (Å²) < 4.78 is 10.3. The average Bonchev–Trinajstić information content (AvgIpc) is 2.84. The second kappa shape index (κ2) is 6.38. The van der Waals surface area contributed by atoms with Crippen LogP contribution in [0.4, 0.5) is 0 Å². The summed E-state index contributed by atoms with van der Waals surface area (Å²) in [6, 6.07) is 1.50. The molecule has 6 nitrogen and oxygen atoms in total. The van der Waals surface area contributed by atoms with Crippen molar-refractivity contribution in [3.8, 4) is 0 Å². The second-order valence-corrected chi connectivity index (χ2v) is 4.59. The molecule has 6 heteroatoms. The number of carbonyl (C=O) groups is 2. The number of carbonyl (C=O) groups excluding carboxylic acids is 1. The maximum atomic E-state index is 12.0. The van der Waals surface area contributed by atoms with Gasteiger partial charge < -0.3 is 19.6 Å². The smallest absolute Gasteiger partial charge is 0.311 e. The molecule has 1 amide bonds. The Bertz CT molecular complexity index is 448. The molecule has 0 aliphatic carbocycles. The maximum absolute atomic E-state index is 12.0. The van der Waals surface area contributed by atoms with Gasteiger partial charge in [-0.05, 0) is 24.8 Å². The van der Waals surface area contributed by atoms with Gasteiger partial charge in [0.2, 0.25) is 0 Å². The zero-order valence-electron chi connectivity index (χ0n) is 10.6. The molecule has 0 spiro atoms. The molecular formula is C13H17NO5. The van der Waals surface area contributed by atoms with Crippen molar-refractivity contribution in [3.05, 3.63) is 23.7 Å². The fraction of sp³-hybridized carbons (Fsp3) is 0.538. The minimum Gasteiger partial charge on any atom is -0.481 e. The van der Waals surface area contributed by atoms with Crippen molar-refractivity contribution < 1.29 is 23.8 Å². The summed E-state index contributed by atoms with van der Waals surface area (Å²) in [6.07, 6.45) is 2.93. The number of nitrogens with one attached hydrogen (secondary N) is 1. The van der Waals surface area contributed by atoms with Crippen molar-refractivity contribution >= 4 is 11.9 Å². The average molecular weight is 267 g/mol. The van der Waals surface area contributed by atoms with E-state index >= 15 is 0 Å². The predicted octanol–water partition coefficient (Wildman–Crippen LogP) is 1.06. The molecule has 2 heterocycles. The summed E-state index contributed by atoms with van der Waals surface area (Å²) in [7, 11) is 0. The van der Waals surface area contributed by atoms with Gasteiger partial charge in [-0.15, -0.1) is 0 Å². The molecule has 0 saturated carbocycles. The van der Waals surface area contributed by atoms with Crippen LogP contribution in [0.5, 0.6) is 0 Å². The van der Waals surface area contributed by atoms with Crippen molar-refractivity contribution in [1.82, 2.24) is 5.32 Å². The minimum atomic E-state index is -1.02. The molecule has 2 rings (SSSR count). The van der Waals surface area contributed by atoms with Gasteiger partial charge in [0.05, 0.1) is 11.8 Å². The quantitative estimate of drug-likeness (QED) is 0.832. The monoisotopic (exact) mass is 267 g/mol. The van der Waals surface area contributed by atoms with Crippen LogP contribution in [0.1, 0.15) is 29.0 Å². The first-order valence-electron chi connectivity index (χ1n) is 6.31. The molecule has 1 saturated heterocycles. The van der Waals surface area contributed by atoms with E-state index in [1.165, 1.54) is 12.3 Å². The van der Waals surface area contributed by atoms with Crippen molar-refractivity contribution in [2.45, 2.75) is 19.3 Å². The number of aliphatic carboxylic acids is 1. The van der Waals surface area contributed by atoms with E-state index in [2.05, 4.69) is 5.32 Å². The minimum absolute atomic E-state index is 0.192. The van der Waals surface area contributed by atoms with E-state index in [9.17, 15) is 9.59 Å². The molecule has 1 aliphatic heterocycles. The Morgan fingerprint density at radius 3 is 2.79 bits per heavy atom. The third kappa shape index (κ3) is 3.82. The normalized spacial score (nSPS) is 16.2. The Morgan fingerprint density at radius 2 is 2.11 bits per heavy atom. The second-order valence-electron chi connectivity index (χ2n) is 4.59. The van der Waals surface area contributed by atoms with E-state index in [0.717, 1.165) is 26.1 Å². The van der Waals surface area contributed by atoms with Crippen LogP contribution in [0.25, 0.3) is 0 Å². The molecule has 19 heavy (non-hydrogen) atoms. The molecule has 1 fully saturated rings. The molecule has 1 aromatic heterocycles. The Hall–Kier alpha value is -1.82. The SMILES string of the molecule is O=C(O)Cc1occc1C(=O)NCC1CCOCC1. The van der Waals surface area contributed by atoms with Crippen LogP contribution in [0.15, 0.2) is 16.7 Å². The third-order valence-electron chi connectivity index (χ3n) is 3.19. The molecule has 0 radical (unpaired) electrons. The van der Waals surface area contributed by atoms with Crippen LogP contribution in [-0.4, -0.2) is 36.7 Å². The highest BCUT2D eigenvalue weighted by molar-refractivity contribution is 5.95. The Balaban J connectivity index is 1.88. The number of rotatable bonds is 5. The largest absolute Gasteiger partial charge is 0.481 e. The van der Waals surface area contributed by atoms with Gasteiger partial charge in [0.1, 0.15) is 12.2 Å². The first-order chi connectivity index (χ1) is 9.16. The summed E-state index contributed by atoms with van der Waals surface area (Å²) in [5.41, 5.74) is 0.300. The van der Waals surface area contributed by atoms with Gasteiger partial charge in [0.15, 0.2) is 0 Å². The molecular weight excluding hydrogens is 250 g/mol. The number of amides is 1. The number of furan rings is 1. The van der Waals surface area contributed by atoms with Gasteiger partial charge in [-0.3, -0.25) is 9.59 Å². The van der Waals surface area contributed by atoms with Crippen molar-refractivity contribution in [2.24, 2.45) is 5.92 Å². The van der Waals surface area contributed by atoms with Gasteiger partial charge >= 0.3 is 5.97 Å². The fourth-order valence-electron chi connectivity index (χ4n) is 2.10. The summed E-state index contributed by atoms with van der Waals surface area (Å²) in [6.45, 7) is 2.05. The van der Waals surface area contributed by atoms with E-state index in [1.54, 1.807) is 0 Å². The summed E-state index contributed by atoms with van der Waals surface area (Å²) in [4.78, 5) is 22.6. The predicted molar refractivity (Wildman–Crippen MR) is 65.9 cm³/mol. The lowest BCUT2D eigenvalue weighted by Crippen LogP contribution is -2.32. The lowest BCUT2D eigenvalue weighted by Gasteiger charge is -2.22. The topological polar surface area (TPSA) is 88.8 Å². The molecule has 0 bridgehead atoms.